The summed E-state index contributed by atoms with van der Waals surface area (Å²) in [5.74, 6) is -1.71. The molecule has 0 bridgehead atoms. The van der Waals surface area contributed by atoms with E-state index in [9.17, 15) is 18.0 Å². The van der Waals surface area contributed by atoms with Gasteiger partial charge in [-0.1, -0.05) is 25.9 Å². The van der Waals surface area contributed by atoms with Crippen LogP contribution in [-0.4, -0.2) is 28.4 Å². The topological polar surface area (TPSA) is 118 Å². The van der Waals surface area contributed by atoms with Crippen LogP contribution in [0.3, 0.4) is 0 Å². The molecule has 1 heterocycles. The number of anilines is 1. The van der Waals surface area contributed by atoms with Gasteiger partial charge in [-0.05, 0) is 0 Å². The maximum Gasteiger partial charge on any atom is 0.490 e. The normalized spacial score (nSPS) is 11.3. The molecule has 0 spiro atoms. The van der Waals surface area contributed by atoms with Gasteiger partial charge in [-0.2, -0.15) is 13.2 Å². The molecule has 0 fully saturated rings. The predicted molar refractivity (Wildman–Crippen MR) is 62.1 cm³/mol. The van der Waals surface area contributed by atoms with Crippen molar-refractivity contribution in [1.82, 2.24) is 5.16 Å². The number of urea groups is 1. The van der Waals surface area contributed by atoms with Crippen molar-refractivity contribution in [2.75, 3.05) is 5.32 Å². The van der Waals surface area contributed by atoms with Crippen LogP contribution in [0, 0.1) is 0 Å². The molecule has 0 unspecified atom stereocenters. The fourth-order valence-electron chi connectivity index (χ4n) is 0.814. The summed E-state index contributed by atoms with van der Waals surface area (Å²) in [7, 11) is 0. The number of carbonyl (C=O) groups is 2. The zero-order chi connectivity index (χ0) is 16.1. The quantitative estimate of drug-likeness (QED) is 0.733. The number of nitrogens with zero attached hydrogens (tertiary/aromatic N) is 1. The van der Waals surface area contributed by atoms with Gasteiger partial charge in [0.15, 0.2) is 5.82 Å². The summed E-state index contributed by atoms with van der Waals surface area (Å²) < 4.78 is 36.7. The zero-order valence-electron chi connectivity index (χ0n) is 10.9. The molecule has 114 valence electrons. The molecule has 1 aromatic rings. The van der Waals surface area contributed by atoms with E-state index in [1.54, 1.807) is 6.07 Å². The summed E-state index contributed by atoms with van der Waals surface area (Å²) in [5.41, 5.74) is 4.79. The van der Waals surface area contributed by atoms with Crippen LogP contribution in [0.25, 0.3) is 0 Å². The van der Waals surface area contributed by atoms with Crippen LogP contribution in [0.5, 0.6) is 0 Å². The first-order chi connectivity index (χ1) is 8.84. The number of primary amides is 1. The second-order valence-electron chi connectivity index (χ2n) is 4.62. The van der Waals surface area contributed by atoms with Crippen molar-refractivity contribution in [3.63, 3.8) is 0 Å². The average Bonchev–Trinajstić information content (AvgIpc) is 2.63. The molecule has 0 atom stereocenters. The maximum atomic E-state index is 10.6. The SMILES string of the molecule is CC(C)(C)c1cc(NC(N)=O)no1.O=C(O)C(F)(F)F. The van der Waals surface area contributed by atoms with Gasteiger partial charge in [0.25, 0.3) is 0 Å². The number of aliphatic carboxylic acids is 1. The van der Waals surface area contributed by atoms with E-state index in [1.807, 2.05) is 20.8 Å². The number of halogens is 3. The summed E-state index contributed by atoms with van der Waals surface area (Å²) in [5, 5.41) is 13.1. The number of hydrogen-bond donors (Lipinski definition) is 3. The van der Waals surface area contributed by atoms with Gasteiger partial charge < -0.3 is 15.4 Å². The monoisotopic (exact) mass is 297 g/mol. The Hall–Kier alpha value is -2.26. The van der Waals surface area contributed by atoms with Crippen LogP contribution in [0.15, 0.2) is 10.6 Å². The number of nitrogens with two attached hydrogens (primary N) is 1. The Morgan fingerprint density at radius 3 is 2.05 bits per heavy atom. The number of alkyl halides is 3. The molecule has 1 rings (SSSR count). The second kappa shape index (κ2) is 6.26. The molecule has 0 radical (unpaired) electrons. The van der Waals surface area contributed by atoms with Crippen molar-refractivity contribution >= 4 is 17.8 Å². The molecule has 0 aliphatic rings. The lowest BCUT2D eigenvalue weighted by Crippen LogP contribution is -2.21. The number of aromatic nitrogens is 1. The van der Waals surface area contributed by atoms with Crippen LogP contribution < -0.4 is 11.1 Å². The fourth-order valence-corrected chi connectivity index (χ4v) is 0.814. The first kappa shape index (κ1) is 17.7. The number of carboxylic acid groups (broad SMARTS) is 1. The Kier molecular flexibility index (Phi) is 5.55. The van der Waals surface area contributed by atoms with Crippen LogP contribution in [0.4, 0.5) is 23.8 Å². The van der Waals surface area contributed by atoms with Crippen LogP contribution in [-0.2, 0) is 10.2 Å². The maximum absolute atomic E-state index is 10.6. The molecule has 7 nitrogen and oxygen atoms in total. The van der Waals surface area contributed by atoms with Gasteiger partial charge in [0.2, 0.25) is 0 Å². The lowest BCUT2D eigenvalue weighted by molar-refractivity contribution is -0.192. The third kappa shape index (κ3) is 6.61. The van der Waals surface area contributed by atoms with Crippen molar-refractivity contribution in [1.29, 1.82) is 0 Å². The lowest BCUT2D eigenvalue weighted by Gasteiger charge is -2.11. The van der Waals surface area contributed by atoms with Crippen LogP contribution in [0.1, 0.15) is 26.5 Å². The second-order valence-corrected chi connectivity index (χ2v) is 4.62. The minimum atomic E-state index is -5.08. The summed E-state index contributed by atoms with van der Waals surface area (Å²) >= 11 is 0. The molecular formula is C10H14F3N3O4. The molecule has 0 saturated heterocycles. The third-order valence-corrected chi connectivity index (χ3v) is 1.74. The highest BCUT2D eigenvalue weighted by atomic mass is 19.4. The van der Waals surface area contributed by atoms with Gasteiger partial charge in [-0.15, -0.1) is 0 Å². The van der Waals surface area contributed by atoms with Crippen LogP contribution in [0.2, 0.25) is 0 Å². The smallest absolute Gasteiger partial charge is 0.475 e. The number of amides is 2. The Bertz CT molecular complexity index is 477. The van der Waals surface area contributed by atoms with Crippen LogP contribution >= 0.6 is 0 Å². The molecule has 0 saturated carbocycles. The molecule has 1 aromatic heterocycles. The van der Waals surface area contributed by atoms with Gasteiger partial charge >= 0.3 is 18.2 Å². The highest BCUT2D eigenvalue weighted by Crippen LogP contribution is 2.24. The number of nitrogens with one attached hydrogen (secondary N) is 1. The van der Waals surface area contributed by atoms with Gasteiger partial charge in [0.05, 0.1) is 0 Å². The van der Waals surface area contributed by atoms with E-state index in [0.717, 1.165) is 0 Å². The summed E-state index contributed by atoms with van der Waals surface area (Å²) in [6.07, 6.45) is -5.08. The summed E-state index contributed by atoms with van der Waals surface area (Å²) in [6, 6.07) is 1.01. The van der Waals surface area contributed by atoms with E-state index in [1.165, 1.54) is 0 Å². The van der Waals surface area contributed by atoms with Crippen molar-refractivity contribution < 1.29 is 32.4 Å². The Labute approximate surface area is 111 Å². The van der Waals surface area contributed by atoms with Gasteiger partial charge in [-0.25, -0.2) is 9.59 Å². The molecular weight excluding hydrogens is 283 g/mol. The van der Waals surface area contributed by atoms with Gasteiger partial charge in [-0.3, -0.25) is 5.32 Å². The van der Waals surface area contributed by atoms with E-state index in [2.05, 4.69) is 10.5 Å². The van der Waals surface area contributed by atoms with E-state index in [-0.39, 0.29) is 5.41 Å². The first-order valence-corrected chi connectivity index (χ1v) is 5.18. The minimum absolute atomic E-state index is 0.120. The molecule has 2 amide bonds. The Balaban J connectivity index is 0.000000441. The molecule has 0 aliphatic heterocycles. The standard InChI is InChI=1S/C8H13N3O2.C2HF3O2/c1-8(2,3)5-4-6(11-13-5)10-7(9)12;3-2(4,5)1(6)7/h4H,1-3H3,(H3,9,10,11,12);(H,6,7). The molecule has 10 heteroatoms. The van der Waals surface area contributed by atoms with Crippen molar-refractivity contribution in [3.8, 4) is 0 Å². The van der Waals surface area contributed by atoms with E-state index < -0.39 is 18.2 Å². The Morgan fingerprint density at radius 1 is 1.35 bits per heavy atom. The average molecular weight is 297 g/mol. The summed E-state index contributed by atoms with van der Waals surface area (Å²) in [4.78, 5) is 19.4. The van der Waals surface area contributed by atoms with E-state index in [4.69, 9.17) is 20.2 Å². The van der Waals surface area contributed by atoms with Crippen molar-refractivity contribution in [2.45, 2.75) is 32.4 Å². The number of rotatable bonds is 1. The largest absolute Gasteiger partial charge is 0.490 e. The van der Waals surface area contributed by atoms with Gasteiger partial charge in [0.1, 0.15) is 5.76 Å². The predicted octanol–water partition coefficient (Wildman–Crippen LogP) is 2.10. The molecule has 4 N–H and O–H groups in total. The summed E-state index contributed by atoms with van der Waals surface area (Å²) in [6.45, 7) is 5.96. The van der Waals surface area contributed by atoms with Crippen molar-refractivity contribution in [3.05, 3.63) is 11.8 Å². The van der Waals surface area contributed by atoms with Crippen molar-refractivity contribution in [2.24, 2.45) is 5.73 Å². The van der Waals surface area contributed by atoms with E-state index in [0.29, 0.717) is 11.6 Å². The van der Waals surface area contributed by atoms with Gasteiger partial charge in [0, 0.05) is 11.5 Å². The van der Waals surface area contributed by atoms with E-state index >= 15 is 0 Å². The number of hydrogen-bond acceptors (Lipinski definition) is 4. The number of carbonyl (C=O) groups excluding carboxylic acids is 1. The molecule has 0 aromatic carbocycles. The molecule has 20 heavy (non-hydrogen) atoms. The fraction of sp³-hybridized carbons (Fsp3) is 0.500. The lowest BCUT2D eigenvalue weighted by atomic mass is 9.93. The number of carboxylic acids is 1. The minimum Gasteiger partial charge on any atom is -0.475 e. The third-order valence-electron chi connectivity index (χ3n) is 1.74. The zero-order valence-corrected chi connectivity index (χ0v) is 10.9. The first-order valence-electron chi connectivity index (χ1n) is 5.18. The molecule has 0 aliphatic carbocycles. The Morgan fingerprint density at radius 2 is 1.80 bits per heavy atom. The highest BCUT2D eigenvalue weighted by Gasteiger charge is 2.38. The highest BCUT2D eigenvalue weighted by molar-refractivity contribution is 5.86.